The summed E-state index contributed by atoms with van der Waals surface area (Å²) in [6, 6.07) is 7.44. The van der Waals surface area contributed by atoms with Crippen LogP contribution in [0.2, 0.25) is 0 Å². The highest BCUT2D eigenvalue weighted by Gasteiger charge is 2.29. The molecule has 1 aromatic heterocycles. The van der Waals surface area contributed by atoms with Crippen LogP contribution in [0.25, 0.3) is 10.2 Å². The van der Waals surface area contributed by atoms with Crippen LogP contribution in [0.4, 0.5) is 9.93 Å². The third-order valence-corrected chi connectivity index (χ3v) is 3.70. The Kier molecular flexibility index (Phi) is 2.55. The fourth-order valence-electron chi connectivity index (χ4n) is 1.35. The molecule has 0 fully saturated rings. The van der Waals surface area contributed by atoms with Crippen molar-refractivity contribution in [2.24, 2.45) is 0 Å². The lowest BCUT2D eigenvalue weighted by Gasteiger charge is -1.91. The quantitative estimate of drug-likeness (QED) is 0.627. The van der Waals surface area contributed by atoms with Crippen LogP contribution in [-0.2, 0) is 4.74 Å². The number of hydrogen-bond acceptors (Lipinski definition) is 4. The Morgan fingerprint density at radius 3 is 3.00 bits per heavy atom. The Hall–Kier alpha value is -1.62. The third kappa shape index (κ3) is 1.66. The number of carbonyl (C=O) groups excluding carboxylic acids is 1. The van der Waals surface area contributed by atoms with E-state index in [9.17, 15) is 4.79 Å². The van der Waals surface area contributed by atoms with Crippen molar-refractivity contribution in [3.63, 3.8) is 0 Å². The Labute approximate surface area is 89.7 Å². The van der Waals surface area contributed by atoms with Crippen molar-refractivity contribution < 1.29 is 9.53 Å². The molecule has 15 heavy (non-hydrogen) atoms. The highest BCUT2D eigenvalue weighted by molar-refractivity contribution is 7.57. The smallest absolute Gasteiger partial charge is 0.422 e. The lowest BCUT2D eigenvalue weighted by Crippen LogP contribution is -1.98. The van der Waals surface area contributed by atoms with Gasteiger partial charge < -0.3 is 10.5 Å². The molecule has 0 radical (unpaired) electrons. The number of fused-ring (bicyclic) bond motifs is 1. The number of rotatable bonds is 2. The van der Waals surface area contributed by atoms with E-state index in [1.165, 1.54) is 0 Å². The molecule has 0 spiro atoms. The molecule has 0 amide bonds. The first kappa shape index (κ1) is 9.92. The van der Waals surface area contributed by atoms with Gasteiger partial charge >= 0.3 is 10.4 Å². The molecule has 4 nitrogen and oxygen atoms in total. The number of nitrogens with two attached hydrogens (primary N) is 1. The lowest BCUT2D eigenvalue weighted by molar-refractivity contribution is 0.180. The first-order valence-corrected chi connectivity index (χ1v) is 5.80. The summed E-state index contributed by atoms with van der Waals surface area (Å²) in [4.78, 5) is 15.8. The first-order chi connectivity index (χ1) is 7.24. The maximum Gasteiger partial charge on any atom is 0.558 e. The number of carbonyl (C=O) groups is 1. The molecule has 0 saturated carbocycles. The van der Waals surface area contributed by atoms with E-state index in [1.807, 2.05) is 24.3 Å². The number of para-hydroxylation sites is 1. The predicted octanol–water partition coefficient (Wildman–Crippen LogP) is 2.57. The Morgan fingerprint density at radius 1 is 1.53 bits per heavy atom. The van der Waals surface area contributed by atoms with Crippen LogP contribution in [-0.4, -0.2) is 16.9 Å². The van der Waals surface area contributed by atoms with Crippen LogP contribution >= 0.6 is 10.5 Å². The molecule has 0 bridgehead atoms. The molecule has 1 aromatic carbocycles. The van der Waals surface area contributed by atoms with E-state index in [1.54, 1.807) is 6.92 Å². The number of hydrogen-bond donors (Lipinski definition) is 1. The van der Waals surface area contributed by atoms with Crippen molar-refractivity contribution in [3.05, 3.63) is 24.3 Å². The number of ether oxygens (including phenoxy) is 1. The van der Waals surface area contributed by atoms with Crippen LogP contribution in [0.1, 0.15) is 6.92 Å². The number of nitrogen functional groups attached to an aromatic ring is 1. The summed E-state index contributed by atoms with van der Waals surface area (Å²) >= 11 is 0. The second-order valence-electron chi connectivity index (χ2n) is 2.91. The van der Waals surface area contributed by atoms with Crippen LogP contribution in [0.3, 0.4) is 0 Å². The van der Waals surface area contributed by atoms with Crippen LogP contribution in [0.5, 0.6) is 0 Å². The topological polar surface area (TPSA) is 65.2 Å². The van der Waals surface area contributed by atoms with Gasteiger partial charge in [-0.1, -0.05) is 12.1 Å². The zero-order valence-electron chi connectivity index (χ0n) is 8.27. The van der Waals surface area contributed by atoms with Crippen LogP contribution in [0.15, 0.2) is 24.3 Å². The van der Waals surface area contributed by atoms with E-state index in [2.05, 4.69) is 4.98 Å². The number of aromatic nitrogens is 1. The monoisotopic (exact) mass is 223 g/mol. The summed E-state index contributed by atoms with van der Waals surface area (Å²) < 4.78 is 5.82. The summed E-state index contributed by atoms with van der Waals surface area (Å²) in [7, 11) is -0.825. The molecule has 1 heterocycles. The highest BCUT2D eigenvalue weighted by atomic mass is 32.2. The van der Waals surface area contributed by atoms with E-state index in [-0.39, 0.29) is 5.30 Å². The Balaban J connectivity index is 2.58. The Bertz CT molecular complexity index is 507. The molecule has 5 heteroatoms. The normalized spacial score (nSPS) is 11.7. The SMILES string of the molecule is CCOC(=O)[s+]1c(N)nc2ccccc21. The van der Waals surface area contributed by atoms with Gasteiger partial charge in [-0.25, -0.2) is 0 Å². The van der Waals surface area contributed by atoms with Crippen molar-refractivity contribution in [2.45, 2.75) is 6.92 Å². The number of anilines is 1. The van der Waals surface area contributed by atoms with Crippen molar-refractivity contribution in [2.75, 3.05) is 12.3 Å². The fourth-order valence-corrected chi connectivity index (χ4v) is 2.89. The number of benzene rings is 1. The minimum absolute atomic E-state index is 0.302. The molecular formula is C10H11N2O2S+. The fraction of sp³-hybridized carbons (Fsp3) is 0.200. The summed E-state index contributed by atoms with van der Waals surface area (Å²) in [5.74, 6) is 0. The van der Waals surface area contributed by atoms with Crippen LogP contribution < -0.4 is 5.73 Å². The predicted molar refractivity (Wildman–Crippen MR) is 61.1 cm³/mol. The minimum Gasteiger partial charge on any atom is -0.422 e. The van der Waals surface area contributed by atoms with Gasteiger partial charge in [0, 0.05) is 6.07 Å². The molecule has 0 aliphatic heterocycles. The molecule has 2 rings (SSSR count). The van der Waals surface area contributed by atoms with E-state index < -0.39 is 10.5 Å². The van der Waals surface area contributed by atoms with Gasteiger partial charge in [0.25, 0.3) is 0 Å². The zero-order valence-corrected chi connectivity index (χ0v) is 9.08. The van der Waals surface area contributed by atoms with Crippen molar-refractivity contribution in [1.29, 1.82) is 0 Å². The van der Waals surface area contributed by atoms with Gasteiger partial charge in [-0.15, -0.1) is 0 Å². The summed E-state index contributed by atoms with van der Waals surface area (Å²) in [5.41, 5.74) is 6.49. The second kappa shape index (κ2) is 3.86. The molecule has 2 N–H and O–H groups in total. The summed E-state index contributed by atoms with van der Waals surface area (Å²) in [5, 5.41) is 0.0401. The summed E-state index contributed by atoms with van der Waals surface area (Å²) in [6.07, 6.45) is 0. The molecule has 0 aliphatic rings. The van der Waals surface area contributed by atoms with Crippen LogP contribution in [0, 0.1) is 0 Å². The van der Waals surface area contributed by atoms with Gasteiger partial charge in [-0.05, 0) is 13.0 Å². The van der Waals surface area contributed by atoms with E-state index in [0.717, 1.165) is 10.2 Å². The maximum atomic E-state index is 11.6. The van der Waals surface area contributed by atoms with Gasteiger partial charge in [0.1, 0.15) is 16.0 Å². The molecular weight excluding hydrogens is 212 g/mol. The van der Waals surface area contributed by atoms with Crippen molar-refractivity contribution in [3.8, 4) is 0 Å². The lowest BCUT2D eigenvalue weighted by atomic mass is 10.3. The molecule has 0 aliphatic carbocycles. The number of nitrogens with zero attached hydrogens (tertiary/aromatic N) is 1. The zero-order chi connectivity index (χ0) is 10.8. The molecule has 78 valence electrons. The van der Waals surface area contributed by atoms with Gasteiger partial charge in [0.2, 0.25) is 4.70 Å². The molecule has 0 saturated heterocycles. The standard InChI is InChI=1S/C10H11N2O2S/c1-2-14-10(13)15-8-6-4-3-5-7(8)12-9(15)11/h3-6H,2H2,1H3,(H2,11,12)/q+1. The third-order valence-electron chi connectivity index (χ3n) is 1.95. The summed E-state index contributed by atoms with van der Waals surface area (Å²) in [6.45, 7) is 2.13. The van der Waals surface area contributed by atoms with E-state index >= 15 is 0 Å². The van der Waals surface area contributed by atoms with Gasteiger partial charge in [0.15, 0.2) is 0 Å². The average Bonchev–Trinajstić information content (AvgIpc) is 2.54. The number of thiazole rings is 1. The van der Waals surface area contributed by atoms with Gasteiger partial charge in [-0.3, -0.25) is 0 Å². The molecule has 1 unspecified atom stereocenters. The maximum absolute atomic E-state index is 11.6. The highest BCUT2D eigenvalue weighted by Crippen LogP contribution is 2.37. The van der Waals surface area contributed by atoms with Gasteiger partial charge in [-0.2, -0.15) is 9.78 Å². The molecule has 2 aromatic rings. The van der Waals surface area contributed by atoms with Crippen molar-refractivity contribution in [1.82, 2.24) is 4.98 Å². The van der Waals surface area contributed by atoms with E-state index in [0.29, 0.717) is 11.7 Å². The largest absolute Gasteiger partial charge is 0.558 e. The minimum atomic E-state index is -0.825. The average molecular weight is 223 g/mol. The first-order valence-electron chi connectivity index (χ1n) is 4.58. The Morgan fingerprint density at radius 2 is 2.27 bits per heavy atom. The second-order valence-corrected chi connectivity index (χ2v) is 4.71. The van der Waals surface area contributed by atoms with E-state index in [4.69, 9.17) is 10.5 Å². The molecule has 1 atom stereocenters. The van der Waals surface area contributed by atoms with Crippen molar-refractivity contribution >= 4 is 31.1 Å². The van der Waals surface area contributed by atoms with Gasteiger partial charge in [0.05, 0.1) is 6.61 Å².